The number of hydrogen-bond donors (Lipinski definition) is 0. The normalized spacial score (nSPS) is 25.8. The van der Waals surface area contributed by atoms with Crippen LogP contribution in [0.15, 0.2) is 18.7 Å². The summed E-state index contributed by atoms with van der Waals surface area (Å²) in [6.07, 6.45) is 6.62. The molecule has 1 aromatic heterocycles. The van der Waals surface area contributed by atoms with Gasteiger partial charge in [0.05, 0.1) is 7.05 Å². The molecule has 1 fully saturated rings. The van der Waals surface area contributed by atoms with Crippen molar-refractivity contribution in [1.29, 1.82) is 0 Å². The summed E-state index contributed by atoms with van der Waals surface area (Å²) < 4.78 is 3.54. The van der Waals surface area contributed by atoms with Gasteiger partial charge >= 0.3 is 6.03 Å². The van der Waals surface area contributed by atoms with Crippen LogP contribution in [0.5, 0.6) is 0 Å². The molecule has 0 saturated carbocycles. The molecule has 2 unspecified atom stereocenters. The predicted octanol–water partition coefficient (Wildman–Crippen LogP) is 1.26. The van der Waals surface area contributed by atoms with Crippen LogP contribution in [-0.2, 0) is 7.05 Å². The molecule has 4 heteroatoms. The fourth-order valence-electron chi connectivity index (χ4n) is 2.16. The van der Waals surface area contributed by atoms with Crippen molar-refractivity contribution in [3.8, 4) is 0 Å². The molecule has 1 amide bonds. The number of piperidine rings is 1. The minimum absolute atomic E-state index is 0.0966. The molecule has 0 aliphatic carbocycles. The lowest BCUT2D eigenvalue weighted by Gasteiger charge is -2.33. The Labute approximate surface area is 96.5 Å². The van der Waals surface area contributed by atoms with Crippen LogP contribution in [-0.4, -0.2) is 28.6 Å². The lowest BCUT2D eigenvalue weighted by molar-refractivity contribution is -0.670. The molecule has 0 N–H and O–H groups in total. The van der Waals surface area contributed by atoms with Gasteiger partial charge in [-0.05, 0) is 18.3 Å². The molecule has 1 saturated heterocycles. The molecule has 0 aromatic carbocycles. The van der Waals surface area contributed by atoms with Crippen LogP contribution in [0.25, 0.3) is 0 Å². The molecule has 0 spiro atoms. The number of amides is 1. The molecule has 2 atom stereocenters. The third-order valence-electron chi connectivity index (χ3n) is 3.59. The topological polar surface area (TPSA) is 29.1 Å². The molecule has 1 aromatic rings. The summed E-state index contributed by atoms with van der Waals surface area (Å²) >= 11 is 0. The second-order valence-corrected chi connectivity index (χ2v) is 4.96. The molecule has 1 aliphatic heterocycles. The van der Waals surface area contributed by atoms with Gasteiger partial charge in [-0.25, -0.2) is 9.36 Å². The number of nitrogens with zero attached hydrogens (tertiary/aromatic N) is 3. The first-order valence-corrected chi connectivity index (χ1v) is 5.90. The molecule has 4 nitrogen and oxygen atoms in total. The Morgan fingerprint density at radius 1 is 1.38 bits per heavy atom. The lowest BCUT2D eigenvalue weighted by Crippen LogP contribution is -2.44. The fraction of sp³-hybridized carbons (Fsp3) is 0.667. The average molecular weight is 222 g/mol. The van der Waals surface area contributed by atoms with Crippen LogP contribution in [0.4, 0.5) is 4.79 Å². The maximum atomic E-state index is 12.1. The van der Waals surface area contributed by atoms with Gasteiger partial charge in [-0.3, -0.25) is 0 Å². The minimum Gasteiger partial charge on any atom is -0.304 e. The van der Waals surface area contributed by atoms with E-state index in [0.717, 1.165) is 25.4 Å². The highest BCUT2D eigenvalue weighted by molar-refractivity contribution is 5.76. The van der Waals surface area contributed by atoms with E-state index < -0.39 is 0 Å². The van der Waals surface area contributed by atoms with Crippen molar-refractivity contribution in [1.82, 2.24) is 9.47 Å². The fourth-order valence-corrected chi connectivity index (χ4v) is 2.16. The quantitative estimate of drug-likeness (QED) is 0.608. The van der Waals surface area contributed by atoms with Gasteiger partial charge in [0, 0.05) is 13.1 Å². The van der Waals surface area contributed by atoms with Gasteiger partial charge in [0.15, 0.2) is 0 Å². The second-order valence-electron chi connectivity index (χ2n) is 4.96. The van der Waals surface area contributed by atoms with Crippen LogP contribution in [0, 0.1) is 11.8 Å². The molecule has 2 heterocycles. The highest BCUT2D eigenvalue weighted by Crippen LogP contribution is 2.22. The zero-order valence-corrected chi connectivity index (χ0v) is 10.3. The Morgan fingerprint density at radius 2 is 2.12 bits per heavy atom. The molecule has 0 radical (unpaired) electrons. The second kappa shape index (κ2) is 4.28. The van der Waals surface area contributed by atoms with Crippen LogP contribution in [0.2, 0.25) is 0 Å². The van der Waals surface area contributed by atoms with E-state index in [1.54, 1.807) is 4.57 Å². The van der Waals surface area contributed by atoms with Crippen molar-refractivity contribution < 1.29 is 9.36 Å². The number of carbonyl (C=O) groups is 1. The first-order chi connectivity index (χ1) is 7.58. The zero-order valence-electron chi connectivity index (χ0n) is 10.3. The van der Waals surface area contributed by atoms with E-state index in [0.29, 0.717) is 5.92 Å². The number of carbonyl (C=O) groups excluding carboxylic acids is 1. The van der Waals surface area contributed by atoms with Crippen molar-refractivity contribution in [2.24, 2.45) is 18.9 Å². The molecule has 2 rings (SSSR count). The number of aryl methyl sites for hydroxylation is 1. The van der Waals surface area contributed by atoms with E-state index in [-0.39, 0.29) is 6.03 Å². The maximum Gasteiger partial charge on any atom is 0.415 e. The van der Waals surface area contributed by atoms with Crippen LogP contribution < -0.4 is 4.57 Å². The van der Waals surface area contributed by atoms with E-state index in [2.05, 4.69) is 13.8 Å². The van der Waals surface area contributed by atoms with Gasteiger partial charge in [-0.15, -0.1) is 0 Å². The summed E-state index contributed by atoms with van der Waals surface area (Å²) in [6.45, 7) is 6.25. The number of hydrogen-bond acceptors (Lipinski definition) is 1. The van der Waals surface area contributed by atoms with E-state index in [1.807, 2.05) is 35.2 Å². The van der Waals surface area contributed by atoms with E-state index in [4.69, 9.17) is 0 Å². The number of aromatic nitrogens is 2. The van der Waals surface area contributed by atoms with E-state index >= 15 is 0 Å². The monoisotopic (exact) mass is 222 g/mol. The first kappa shape index (κ1) is 11.2. The van der Waals surface area contributed by atoms with Gasteiger partial charge in [0.1, 0.15) is 12.4 Å². The SMILES string of the molecule is CC1CCN(C(=O)n2cc[n+](C)c2)CC1C. The van der Waals surface area contributed by atoms with Crippen molar-refractivity contribution in [2.45, 2.75) is 20.3 Å². The zero-order chi connectivity index (χ0) is 11.7. The third kappa shape index (κ3) is 2.10. The number of rotatable bonds is 0. The smallest absolute Gasteiger partial charge is 0.304 e. The van der Waals surface area contributed by atoms with Crippen LogP contribution >= 0.6 is 0 Å². The Kier molecular flexibility index (Phi) is 2.99. The molecular formula is C12H20N3O+. The Morgan fingerprint density at radius 3 is 2.69 bits per heavy atom. The summed E-state index contributed by atoms with van der Waals surface area (Å²) in [6, 6.07) is 0.0966. The Hall–Kier alpha value is -1.32. The molecule has 88 valence electrons. The Balaban J connectivity index is 2.06. The van der Waals surface area contributed by atoms with Crippen molar-refractivity contribution in [3.05, 3.63) is 18.7 Å². The molecule has 0 bridgehead atoms. The summed E-state index contributed by atoms with van der Waals surface area (Å²) in [7, 11) is 1.92. The minimum atomic E-state index is 0.0966. The van der Waals surface area contributed by atoms with Crippen LogP contribution in [0.1, 0.15) is 20.3 Å². The lowest BCUT2D eigenvalue weighted by atomic mass is 9.89. The highest BCUT2D eigenvalue weighted by Gasteiger charge is 2.28. The van der Waals surface area contributed by atoms with Crippen molar-refractivity contribution >= 4 is 6.03 Å². The van der Waals surface area contributed by atoms with Gasteiger partial charge in [-0.1, -0.05) is 13.8 Å². The first-order valence-electron chi connectivity index (χ1n) is 5.90. The van der Waals surface area contributed by atoms with Crippen LogP contribution in [0.3, 0.4) is 0 Å². The van der Waals surface area contributed by atoms with Crippen molar-refractivity contribution in [3.63, 3.8) is 0 Å². The van der Waals surface area contributed by atoms with Crippen molar-refractivity contribution in [2.75, 3.05) is 13.1 Å². The standard InChI is InChI=1S/C12H20N3O/c1-10-4-5-14(8-11(10)2)12(16)15-7-6-13(3)9-15/h6-7,9-11H,4-5,8H2,1-3H3/q+1. The Bertz CT molecular complexity index is 385. The number of likely N-dealkylation sites (tertiary alicyclic amines) is 1. The summed E-state index contributed by atoms with van der Waals surface area (Å²) in [5.74, 6) is 1.33. The largest absolute Gasteiger partial charge is 0.415 e. The molecule has 1 aliphatic rings. The van der Waals surface area contributed by atoms with E-state index in [9.17, 15) is 4.79 Å². The summed E-state index contributed by atoms with van der Waals surface area (Å²) in [5.41, 5.74) is 0. The van der Waals surface area contributed by atoms with Gasteiger partial charge in [0.2, 0.25) is 0 Å². The number of imidazole rings is 1. The van der Waals surface area contributed by atoms with Gasteiger partial charge in [0.25, 0.3) is 6.33 Å². The summed E-state index contributed by atoms with van der Waals surface area (Å²) in [5, 5.41) is 0. The van der Waals surface area contributed by atoms with E-state index in [1.165, 1.54) is 0 Å². The van der Waals surface area contributed by atoms with Gasteiger partial charge in [-0.2, -0.15) is 4.57 Å². The highest BCUT2D eigenvalue weighted by atomic mass is 16.2. The van der Waals surface area contributed by atoms with Gasteiger partial charge < -0.3 is 4.90 Å². The maximum absolute atomic E-state index is 12.1. The summed E-state index contributed by atoms with van der Waals surface area (Å²) in [4.78, 5) is 14.1. The molecule has 16 heavy (non-hydrogen) atoms. The molecular weight excluding hydrogens is 202 g/mol. The third-order valence-corrected chi connectivity index (χ3v) is 3.59. The average Bonchev–Trinajstić information content (AvgIpc) is 2.68. The predicted molar refractivity (Wildman–Crippen MR) is 60.9 cm³/mol.